The number of benzene rings is 2. The molecule has 0 atom stereocenters. The standard InChI is InChI=1S/C16H18N2O4S/c1-12(2)14-8-4-3-7-13(14)11-17-23(21,22)16-10-6-5-9-15(16)18(19)20/h3-10,12,17H,11H2,1-2H3. The quantitative estimate of drug-likeness (QED) is 0.649. The molecule has 0 radical (unpaired) electrons. The number of nitrogens with one attached hydrogen (secondary N) is 1. The van der Waals surface area contributed by atoms with Gasteiger partial charge in [0.25, 0.3) is 5.69 Å². The molecule has 2 aromatic rings. The van der Waals surface area contributed by atoms with Crippen molar-refractivity contribution in [1.29, 1.82) is 0 Å². The van der Waals surface area contributed by atoms with Gasteiger partial charge >= 0.3 is 0 Å². The first-order valence-electron chi connectivity index (χ1n) is 7.14. The van der Waals surface area contributed by atoms with E-state index in [1.807, 2.05) is 38.1 Å². The molecule has 0 saturated carbocycles. The van der Waals surface area contributed by atoms with E-state index in [0.29, 0.717) is 0 Å². The highest BCUT2D eigenvalue weighted by molar-refractivity contribution is 7.89. The summed E-state index contributed by atoms with van der Waals surface area (Å²) in [5, 5.41) is 11.0. The Morgan fingerprint density at radius 1 is 1.09 bits per heavy atom. The Labute approximate surface area is 135 Å². The van der Waals surface area contributed by atoms with Crippen molar-refractivity contribution >= 4 is 15.7 Å². The van der Waals surface area contributed by atoms with Gasteiger partial charge < -0.3 is 0 Å². The number of sulfonamides is 1. The average molecular weight is 334 g/mol. The number of hydrogen-bond donors (Lipinski definition) is 1. The van der Waals surface area contributed by atoms with Crippen molar-refractivity contribution in [3.63, 3.8) is 0 Å². The normalized spacial score (nSPS) is 11.6. The fraction of sp³-hybridized carbons (Fsp3) is 0.250. The van der Waals surface area contributed by atoms with E-state index < -0.39 is 20.6 Å². The largest absolute Gasteiger partial charge is 0.289 e. The van der Waals surface area contributed by atoms with E-state index in [1.54, 1.807) is 0 Å². The zero-order valence-corrected chi connectivity index (χ0v) is 13.7. The van der Waals surface area contributed by atoms with E-state index in [0.717, 1.165) is 11.1 Å². The van der Waals surface area contributed by atoms with Crippen LogP contribution in [0.2, 0.25) is 0 Å². The molecule has 0 amide bonds. The highest BCUT2D eigenvalue weighted by atomic mass is 32.2. The predicted octanol–water partition coefficient (Wildman–Crippen LogP) is 3.20. The molecule has 1 N–H and O–H groups in total. The Balaban J connectivity index is 2.29. The zero-order valence-electron chi connectivity index (χ0n) is 12.9. The fourth-order valence-electron chi connectivity index (χ4n) is 2.34. The van der Waals surface area contributed by atoms with Crippen LogP contribution in [0.3, 0.4) is 0 Å². The maximum atomic E-state index is 12.4. The molecule has 0 fully saturated rings. The van der Waals surface area contributed by atoms with Crippen LogP contribution in [0.15, 0.2) is 53.4 Å². The van der Waals surface area contributed by atoms with Crippen LogP contribution in [-0.4, -0.2) is 13.3 Å². The highest BCUT2D eigenvalue weighted by Crippen LogP contribution is 2.24. The smallest absolute Gasteiger partial charge is 0.258 e. The lowest BCUT2D eigenvalue weighted by molar-refractivity contribution is -0.387. The maximum Gasteiger partial charge on any atom is 0.289 e. The van der Waals surface area contributed by atoms with Crippen LogP contribution in [0.25, 0.3) is 0 Å². The lowest BCUT2D eigenvalue weighted by Gasteiger charge is -2.13. The topological polar surface area (TPSA) is 89.3 Å². The second-order valence-corrected chi connectivity index (χ2v) is 7.14. The van der Waals surface area contributed by atoms with Gasteiger partial charge in [0.05, 0.1) is 4.92 Å². The Kier molecular flexibility index (Phi) is 5.12. The molecule has 0 spiro atoms. The summed E-state index contributed by atoms with van der Waals surface area (Å²) in [5.74, 6) is 0.252. The Morgan fingerprint density at radius 3 is 2.35 bits per heavy atom. The van der Waals surface area contributed by atoms with Gasteiger partial charge in [-0.05, 0) is 23.1 Å². The van der Waals surface area contributed by atoms with Crippen LogP contribution in [-0.2, 0) is 16.6 Å². The molecule has 0 unspecified atom stereocenters. The lowest BCUT2D eigenvalue weighted by Crippen LogP contribution is -2.24. The van der Waals surface area contributed by atoms with Crippen molar-refractivity contribution in [3.05, 3.63) is 69.8 Å². The predicted molar refractivity (Wildman–Crippen MR) is 87.7 cm³/mol. The van der Waals surface area contributed by atoms with Crippen molar-refractivity contribution in [2.45, 2.75) is 31.2 Å². The van der Waals surface area contributed by atoms with E-state index in [4.69, 9.17) is 0 Å². The molecule has 0 aliphatic carbocycles. The van der Waals surface area contributed by atoms with Crippen LogP contribution >= 0.6 is 0 Å². The summed E-state index contributed by atoms with van der Waals surface area (Å²) in [6, 6.07) is 12.8. The average Bonchev–Trinajstić information content (AvgIpc) is 2.53. The van der Waals surface area contributed by atoms with Crippen LogP contribution in [0.5, 0.6) is 0 Å². The van der Waals surface area contributed by atoms with Gasteiger partial charge in [-0.1, -0.05) is 50.2 Å². The molecule has 0 saturated heterocycles. The minimum absolute atomic E-state index is 0.0860. The van der Waals surface area contributed by atoms with Gasteiger partial charge in [0.1, 0.15) is 0 Å². The third kappa shape index (κ3) is 3.94. The van der Waals surface area contributed by atoms with Gasteiger partial charge in [0, 0.05) is 12.6 Å². The van der Waals surface area contributed by atoms with Gasteiger partial charge in [0.2, 0.25) is 10.0 Å². The molecule has 0 aromatic heterocycles. The van der Waals surface area contributed by atoms with Crippen molar-refractivity contribution in [1.82, 2.24) is 4.72 Å². The third-order valence-electron chi connectivity index (χ3n) is 3.48. The second-order valence-electron chi connectivity index (χ2n) is 5.40. The van der Waals surface area contributed by atoms with Crippen LogP contribution in [0.4, 0.5) is 5.69 Å². The number of hydrogen-bond acceptors (Lipinski definition) is 4. The summed E-state index contributed by atoms with van der Waals surface area (Å²) < 4.78 is 27.2. The number of nitro benzene ring substituents is 1. The molecule has 0 bridgehead atoms. The molecule has 6 nitrogen and oxygen atoms in total. The van der Waals surface area contributed by atoms with Gasteiger partial charge in [-0.15, -0.1) is 0 Å². The summed E-state index contributed by atoms with van der Waals surface area (Å²) in [7, 11) is -3.97. The monoisotopic (exact) mass is 334 g/mol. The summed E-state index contributed by atoms with van der Waals surface area (Å²) in [4.78, 5) is 9.97. The molecule has 2 rings (SSSR count). The first-order valence-corrected chi connectivity index (χ1v) is 8.62. The Hall–Kier alpha value is -2.25. The second kappa shape index (κ2) is 6.89. The summed E-state index contributed by atoms with van der Waals surface area (Å²) >= 11 is 0. The van der Waals surface area contributed by atoms with Crippen molar-refractivity contribution < 1.29 is 13.3 Å². The number of nitrogens with zero attached hydrogens (tertiary/aromatic N) is 1. The van der Waals surface area contributed by atoms with Crippen molar-refractivity contribution in [2.24, 2.45) is 0 Å². The molecular formula is C16H18N2O4S. The van der Waals surface area contributed by atoms with E-state index in [1.165, 1.54) is 24.3 Å². The molecule has 2 aromatic carbocycles. The van der Waals surface area contributed by atoms with E-state index in [-0.39, 0.29) is 17.4 Å². The van der Waals surface area contributed by atoms with Crippen molar-refractivity contribution in [2.75, 3.05) is 0 Å². The first-order chi connectivity index (χ1) is 10.8. The fourth-order valence-corrected chi connectivity index (χ4v) is 3.52. The van der Waals surface area contributed by atoms with E-state index in [9.17, 15) is 18.5 Å². The summed E-state index contributed by atoms with van der Waals surface area (Å²) in [6.45, 7) is 4.13. The number of rotatable bonds is 6. The number of nitro groups is 1. The number of para-hydroxylation sites is 1. The van der Waals surface area contributed by atoms with Gasteiger partial charge in [0.15, 0.2) is 4.90 Å². The van der Waals surface area contributed by atoms with Crippen molar-refractivity contribution in [3.8, 4) is 0 Å². The van der Waals surface area contributed by atoms with E-state index in [2.05, 4.69) is 4.72 Å². The Morgan fingerprint density at radius 2 is 1.70 bits per heavy atom. The minimum Gasteiger partial charge on any atom is -0.258 e. The third-order valence-corrected chi connectivity index (χ3v) is 4.93. The molecule has 23 heavy (non-hydrogen) atoms. The van der Waals surface area contributed by atoms with Gasteiger partial charge in [-0.3, -0.25) is 10.1 Å². The molecular weight excluding hydrogens is 316 g/mol. The molecule has 0 heterocycles. The van der Waals surface area contributed by atoms with Gasteiger partial charge in [-0.2, -0.15) is 0 Å². The summed E-state index contributed by atoms with van der Waals surface area (Å²) in [6.07, 6.45) is 0. The van der Waals surface area contributed by atoms with Crippen LogP contribution in [0, 0.1) is 10.1 Å². The zero-order chi connectivity index (χ0) is 17.0. The molecule has 122 valence electrons. The molecule has 0 aliphatic heterocycles. The minimum atomic E-state index is -3.97. The van der Waals surface area contributed by atoms with Crippen LogP contribution in [0.1, 0.15) is 30.9 Å². The highest BCUT2D eigenvalue weighted by Gasteiger charge is 2.25. The maximum absolute atomic E-state index is 12.4. The first kappa shape index (κ1) is 17.1. The molecule has 0 aliphatic rings. The van der Waals surface area contributed by atoms with Crippen LogP contribution < -0.4 is 4.72 Å². The van der Waals surface area contributed by atoms with E-state index >= 15 is 0 Å². The summed E-state index contributed by atoms with van der Waals surface area (Å²) in [5.41, 5.74) is 1.46. The SMILES string of the molecule is CC(C)c1ccccc1CNS(=O)(=O)c1ccccc1[N+](=O)[O-]. The Bertz CT molecular complexity index is 816. The van der Waals surface area contributed by atoms with Gasteiger partial charge in [-0.25, -0.2) is 13.1 Å². The lowest BCUT2D eigenvalue weighted by atomic mass is 9.97. The molecule has 7 heteroatoms.